The van der Waals surface area contributed by atoms with E-state index in [1.54, 1.807) is 10.7 Å². The van der Waals surface area contributed by atoms with Crippen molar-refractivity contribution in [3.05, 3.63) is 65.9 Å². The fraction of sp³-hybridized carbons (Fsp3) is 0.316. The fourth-order valence-corrected chi connectivity index (χ4v) is 3.04. The summed E-state index contributed by atoms with van der Waals surface area (Å²) in [6, 6.07) is 10.5. The lowest BCUT2D eigenvalue weighted by atomic mass is 10.0. The first-order chi connectivity index (χ1) is 11.6. The molecule has 4 rings (SSSR count). The zero-order chi connectivity index (χ0) is 16.7. The maximum absolute atomic E-state index is 4.70. The molecule has 122 valence electrons. The van der Waals surface area contributed by atoms with Gasteiger partial charge in [-0.2, -0.15) is 10.2 Å². The third-order valence-corrected chi connectivity index (χ3v) is 4.50. The van der Waals surface area contributed by atoms with Crippen molar-refractivity contribution in [1.82, 2.24) is 24.2 Å². The standard InChI is InChI=1S/C19H21N5/c1-13(2)15-5-8-23-17(11-15)12-16(22-23)10-14(3)18-6-9-24-19(21-18)4-7-20-24/h4-9,11-14H,10H2,1-3H3. The number of hydrogen-bond acceptors (Lipinski definition) is 3. The van der Waals surface area contributed by atoms with E-state index in [-0.39, 0.29) is 0 Å². The van der Waals surface area contributed by atoms with Crippen LogP contribution in [0.1, 0.15) is 49.6 Å². The largest absolute Gasteiger partial charge is 0.241 e. The van der Waals surface area contributed by atoms with Crippen molar-refractivity contribution in [2.45, 2.75) is 39.0 Å². The highest BCUT2D eigenvalue weighted by atomic mass is 15.2. The average Bonchev–Trinajstić information content (AvgIpc) is 3.18. The van der Waals surface area contributed by atoms with Gasteiger partial charge < -0.3 is 0 Å². The third kappa shape index (κ3) is 2.66. The van der Waals surface area contributed by atoms with Crippen LogP contribution in [0.3, 0.4) is 0 Å². The van der Waals surface area contributed by atoms with E-state index in [0.29, 0.717) is 11.8 Å². The highest BCUT2D eigenvalue weighted by Crippen LogP contribution is 2.21. The fourth-order valence-electron chi connectivity index (χ4n) is 3.04. The first-order valence-electron chi connectivity index (χ1n) is 8.38. The molecule has 5 heteroatoms. The lowest BCUT2D eigenvalue weighted by molar-refractivity contribution is 0.703. The van der Waals surface area contributed by atoms with Crippen LogP contribution in [0.5, 0.6) is 0 Å². The van der Waals surface area contributed by atoms with Gasteiger partial charge in [0.1, 0.15) is 0 Å². The van der Waals surface area contributed by atoms with Gasteiger partial charge in [0, 0.05) is 30.1 Å². The van der Waals surface area contributed by atoms with E-state index in [9.17, 15) is 0 Å². The molecule has 0 saturated heterocycles. The molecular formula is C19H21N5. The zero-order valence-corrected chi connectivity index (χ0v) is 14.2. The Labute approximate surface area is 141 Å². The van der Waals surface area contributed by atoms with E-state index < -0.39 is 0 Å². The highest BCUT2D eigenvalue weighted by Gasteiger charge is 2.12. The summed E-state index contributed by atoms with van der Waals surface area (Å²) in [4.78, 5) is 4.69. The van der Waals surface area contributed by atoms with Crippen molar-refractivity contribution in [1.29, 1.82) is 0 Å². The lowest BCUT2D eigenvalue weighted by Crippen LogP contribution is -2.03. The summed E-state index contributed by atoms with van der Waals surface area (Å²) in [6.07, 6.45) is 6.66. The zero-order valence-electron chi connectivity index (χ0n) is 14.2. The summed E-state index contributed by atoms with van der Waals surface area (Å²) in [5, 5.41) is 8.90. The van der Waals surface area contributed by atoms with Gasteiger partial charge in [0.2, 0.25) is 0 Å². The smallest absolute Gasteiger partial charge is 0.155 e. The summed E-state index contributed by atoms with van der Waals surface area (Å²) in [7, 11) is 0. The number of fused-ring (bicyclic) bond motifs is 2. The van der Waals surface area contributed by atoms with Crippen molar-refractivity contribution in [2.75, 3.05) is 0 Å². The maximum Gasteiger partial charge on any atom is 0.155 e. The van der Waals surface area contributed by atoms with Gasteiger partial charge in [0.25, 0.3) is 0 Å². The molecule has 5 nitrogen and oxygen atoms in total. The van der Waals surface area contributed by atoms with Crippen molar-refractivity contribution in [3.63, 3.8) is 0 Å². The van der Waals surface area contributed by atoms with Gasteiger partial charge in [0.05, 0.1) is 17.4 Å². The average molecular weight is 319 g/mol. The van der Waals surface area contributed by atoms with Crippen molar-refractivity contribution in [3.8, 4) is 0 Å². The number of hydrogen-bond donors (Lipinski definition) is 0. The molecule has 0 aliphatic rings. The molecule has 1 unspecified atom stereocenters. The Balaban J connectivity index is 1.60. The molecule has 0 N–H and O–H groups in total. The monoisotopic (exact) mass is 319 g/mol. The predicted molar refractivity (Wildman–Crippen MR) is 94.4 cm³/mol. The predicted octanol–water partition coefficient (Wildman–Crippen LogP) is 3.85. The number of pyridine rings is 1. The molecule has 0 fully saturated rings. The van der Waals surface area contributed by atoms with E-state index in [4.69, 9.17) is 5.10 Å². The minimum Gasteiger partial charge on any atom is -0.241 e. The summed E-state index contributed by atoms with van der Waals surface area (Å²) in [6.45, 7) is 6.62. The van der Waals surface area contributed by atoms with E-state index in [0.717, 1.165) is 29.0 Å². The Morgan fingerprint density at radius 3 is 2.67 bits per heavy atom. The lowest BCUT2D eigenvalue weighted by Gasteiger charge is -2.09. The minimum atomic E-state index is 0.305. The van der Waals surface area contributed by atoms with Gasteiger partial charge in [-0.25, -0.2) is 14.0 Å². The van der Waals surface area contributed by atoms with E-state index >= 15 is 0 Å². The van der Waals surface area contributed by atoms with Crippen LogP contribution in [-0.4, -0.2) is 24.2 Å². The molecule has 24 heavy (non-hydrogen) atoms. The SMILES string of the molecule is CC(C)c1ccn2nc(CC(C)c3ccn4nccc4n3)cc2c1. The molecule has 0 bridgehead atoms. The first-order valence-corrected chi connectivity index (χ1v) is 8.38. The minimum absolute atomic E-state index is 0.305. The quantitative estimate of drug-likeness (QED) is 0.574. The van der Waals surface area contributed by atoms with Crippen LogP contribution in [0.4, 0.5) is 0 Å². The van der Waals surface area contributed by atoms with Crippen LogP contribution in [0.2, 0.25) is 0 Å². The van der Waals surface area contributed by atoms with Crippen molar-refractivity contribution in [2.24, 2.45) is 0 Å². The van der Waals surface area contributed by atoms with Crippen LogP contribution < -0.4 is 0 Å². The Hall–Kier alpha value is -2.69. The van der Waals surface area contributed by atoms with Gasteiger partial charge in [-0.1, -0.05) is 20.8 Å². The van der Waals surface area contributed by atoms with Gasteiger partial charge in [-0.15, -0.1) is 0 Å². The van der Waals surface area contributed by atoms with Crippen molar-refractivity contribution >= 4 is 11.2 Å². The summed E-state index contributed by atoms with van der Waals surface area (Å²) < 4.78 is 3.75. The maximum atomic E-state index is 4.70. The molecule has 0 saturated carbocycles. The van der Waals surface area contributed by atoms with Gasteiger partial charge in [-0.05, 0) is 42.2 Å². The molecule has 0 aromatic carbocycles. The van der Waals surface area contributed by atoms with Gasteiger partial charge in [-0.3, -0.25) is 0 Å². The topological polar surface area (TPSA) is 47.5 Å². The van der Waals surface area contributed by atoms with Crippen LogP contribution in [-0.2, 0) is 6.42 Å². The second-order valence-electron chi connectivity index (χ2n) is 6.71. The van der Waals surface area contributed by atoms with E-state index in [1.165, 1.54) is 5.56 Å². The summed E-state index contributed by atoms with van der Waals surface area (Å²) in [5.41, 5.74) is 5.55. The Kier molecular flexibility index (Phi) is 3.56. The Morgan fingerprint density at radius 2 is 1.83 bits per heavy atom. The molecule has 0 spiro atoms. The Morgan fingerprint density at radius 1 is 1.00 bits per heavy atom. The molecule has 4 aromatic rings. The summed E-state index contributed by atoms with van der Waals surface area (Å²) >= 11 is 0. The normalized spacial score (nSPS) is 13.2. The van der Waals surface area contributed by atoms with Gasteiger partial charge in [0.15, 0.2) is 5.65 Å². The number of aromatic nitrogens is 5. The van der Waals surface area contributed by atoms with E-state index in [1.807, 2.05) is 22.8 Å². The molecule has 0 radical (unpaired) electrons. The highest BCUT2D eigenvalue weighted by molar-refractivity contribution is 5.50. The second-order valence-corrected chi connectivity index (χ2v) is 6.71. The Bertz CT molecular complexity index is 995. The molecule has 1 atom stereocenters. The second kappa shape index (κ2) is 5.74. The first kappa shape index (κ1) is 14.9. The number of rotatable bonds is 4. The summed E-state index contributed by atoms with van der Waals surface area (Å²) in [5.74, 6) is 0.832. The third-order valence-electron chi connectivity index (χ3n) is 4.50. The van der Waals surface area contributed by atoms with Crippen LogP contribution in [0.25, 0.3) is 11.2 Å². The van der Waals surface area contributed by atoms with Crippen LogP contribution >= 0.6 is 0 Å². The molecular weight excluding hydrogens is 298 g/mol. The van der Waals surface area contributed by atoms with E-state index in [2.05, 4.69) is 55.2 Å². The molecule has 0 aliphatic carbocycles. The van der Waals surface area contributed by atoms with Crippen LogP contribution in [0, 0.1) is 0 Å². The molecule has 4 aromatic heterocycles. The molecule has 4 heterocycles. The molecule has 0 aliphatic heterocycles. The van der Waals surface area contributed by atoms with Crippen LogP contribution in [0.15, 0.2) is 48.9 Å². The number of nitrogens with zero attached hydrogens (tertiary/aromatic N) is 5. The van der Waals surface area contributed by atoms with Crippen molar-refractivity contribution < 1.29 is 0 Å². The molecule has 0 amide bonds. The van der Waals surface area contributed by atoms with Gasteiger partial charge >= 0.3 is 0 Å².